The Morgan fingerprint density at radius 1 is 0.556 bits per heavy atom. The van der Waals surface area contributed by atoms with Gasteiger partial charge in [0.25, 0.3) is 0 Å². The molecule has 0 aromatic heterocycles. The maximum Gasteiger partial charge on any atom is 0.0224 e. The normalized spacial score (nSPS) is 43.0. The van der Waals surface area contributed by atoms with Crippen molar-refractivity contribution in [1.82, 2.24) is 14.7 Å². The zero-order valence-electron chi connectivity index (χ0n) is 11.6. The molecule has 0 aromatic carbocycles. The van der Waals surface area contributed by atoms with E-state index in [9.17, 15) is 0 Å². The quantitative estimate of drug-likeness (QED) is 0.695. The molecule has 3 atom stereocenters. The Morgan fingerprint density at radius 3 is 2.11 bits per heavy atom. The zero-order chi connectivity index (χ0) is 11.9. The van der Waals surface area contributed by atoms with E-state index in [0.29, 0.717) is 0 Å². The third-order valence-corrected chi connectivity index (χ3v) is 5.93. The van der Waals surface area contributed by atoms with Crippen molar-refractivity contribution in [3.05, 3.63) is 0 Å². The molecule has 102 valence electrons. The van der Waals surface area contributed by atoms with Crippen molar-refractivity contribution in [3.8, 4) is 0 Å². The molecular weight excluding hydrogens is 222 g/mol. The standard InChI is InChI=1S/C15H27N3/c1-3-13-11-14(5-8-16(13)6-1)18-10-9-17-7-2-4-15(17)12-18/h13-15H,1-12H2. The largest absolute Gasteiger partial charge is 0.300 e. The Bertz CT molecular complexity index is 276. The highest BCUT2D eigenvalue weighted by Gasteiger charge is 2.38. The Morgan fingerprint density at radius 2 is 1.22 bits per heavy atom. The van der Waals surface area contributed by atoms with Crippen LogP contribution in [0.5, 0.6) is 0 Å². The first-order chi connectivity index (χ1) is 8.90. The summed E-state index contributed by atoms with van der Waals surface area (Å²) in [7, 11) is 0. The summed E-state index contributed by atoms with van der Waals surface area (Å²) in [6, 6.07) is 2.75. The number of fused-ring (bicyclic) bond motifs is 2. The summed E-state index contributed by atoms with van der Waals surface area (Å²) in [4.78, 5) is 8.34. The van der Waals surface area contributed by atoms with Gasteiger partial charge in [0.05, 0.1) is 0 Å². The Hall–Kier alpha value is -0.120. The van der Waals surface area contributed by atoms with Crippen molar-refractivity contribution in [2.24, 2.45) is 0 Å². The van der Waals surface area contributed by atoms with Crippen LogP contribution in [0.3, 0.4) is 0 Å². The third kappa shape index (κ3) is 2.00. The van der Waals surface area contributed by atoms with E-state index in [2.05, 4.69) is 14.7 Å². The maximum absolute atomic E-state index is 2.85. The lowest BCUT2D eigenvalue weighted by atomic mass is 9.95. The SMILES string of the molecule is C1CC2CC(N3CCN4CCCC4C3)CCN2C1. The van der Waals surface area contributed by atoms with Crippen molar-refractivity contribution in [2.75, 3.05) is 39.3 Å². The Labute approximate surface area is 111 Å². The van der Waals surface area contributed by atoms with Gasteiger partial charge in [0, 0.05) is 37.8 Å². The molecule has 4 saturated heterocycles. The van der Waals surface area contributed by atoms with Gasteiger partial charge in [-0.25, -0.2) is 0 Å². The highest BCUT2D eigenvalue weighted by molar-refractivity contribution is 4.94. The van der Waals surface area contributed by atoms with Crippen LogP contribution in [0.1, 0.15) is 38.5 Å². The smallest absolute Gasteiger partial charge is 0.0224 e. The van der Waals surface area contributed by atoms with Crippen LogP contribution in [0.15, 0.2) is 0 Å². The van der Waals surface area contributed by atoms with E-state index in [1.165, 1.54) is 77.8 Å². The zero-order valence-corrected chi connectivity index (χ0v) is 11.6. The van der Waals surface area contributed by atoms with Crippen molar-refractivity contribution in [2.45, 2.75) is 56.7 Å². The molecule has 0 bridgehead atoms. The number of hydrogen-bond donors (Lipinski definition) is 0. The van der Waals surface area contributed by atoms with Crippen LogP contribution in [0.2, 0.25) is 0 Å². The highest BCUT2D eigenvalue weighted by atomic mass is 15.3. The fourth-order valence-corrected chi connectivity index (χ4v) is 4.88. The minimum atomic E-state index is 0.903. The van der Waals surface area contributed by atoms with Gasteiger partial charge >= 0.3 is 0 Å². The molecule has 4 aliphatic rings. The Balaban J connectivity index is 1.38. The molecule has 0 N–H and O–H groups in total. The van der Waals surface area contributed by atoms with Gasteiger partial charge in [0.15, 0.2) is 0 Å². The molecule has 4 fully saturated rings. The average molecular weight is 249 g/mol. The van der Waals surface area contributed by atoms with Crippen LogP contribution in [-0.2, 0) is 0 Å². The first kappa shape index (κ1) is 11.7. The molecule has 4 heterocycles. The van der Waals surface area contributed by atoms with Crippen LogP contribution in [0.25, 0.3) is 0 Å². The molecule has 0 aliphatic carbocycles. The summed E-state index contributed by atoms with van der Waals surface area (Å²) in [5, 5.41) is 0. The van der Waals surface area contributed by atoms with Gasteiger partial charge in [-0.15, -0.1) is 0 Å². The van der Waals surface area contributed by atoms with Gasteiger partial charge in [-0.05, 0) is 58.2 Å². The summed E-state index contributed by atoms with van der Waals surface area (Å²) in [5.41, 5.74) is 0. The fraction of sp³-hybridized carbons (Fsp3) is 1.00. The molecule has 0 amide bonds. The van der Waals surface area contributed by atoms with Crippen LogP contribution in [-0.4, -0.2) is 72.1 Å². The molecule has 0 saturated carbocycles. The highest BCUT2D eigenvalue weighted by Crippen LogP contribution is 2.31. The second-order valence-corrected chi connectivity index (χ2v) is 6.84. The average Bonchev–Trinajstić information content (AvgIpc) is 3.05. The Kier molecular flexibility index (Phi) is 3.10. The van der Waals surface area contributed by atoms with Gasteiger partial charge in [0.2, 0.25) is 0 Å². The summed E-state index contributed by atoms with van der Waals surface area (Å²) in [5.74, 6) is 0. The minimum absolute atomic E-state index is 0.903. The molecule has 0 radical (unpaired) electrons. The number of piperazine rings is 1. The monoisotopic (exact) mass is 249 g/mol. The van der Waals surface area contributed by atoms with Crippen LogP contribution < -0.4 is 0 Å². The lowest BCUT2D eigenvalue weighted by Gasteiger charge is -2.45. The van der Waals surface area contributed by atoms with Crippen LogP contribution in [0, 0.1) is 0 Å². The van der Waals surface area contributed by atoms with E-state index in [1.54, 1.807) is 0 Å². The van der Waals surface area contributed by atoms with Crippen molar-refractivity contribution in [1.29, 1.82) is 0 Å². The van der Waals surface area contributed by atoms with Crippen molar-refractivity contribution in [3.63, 3.8) is 0 Å². The van der Waals surface area contributed by atoms with E-state index in [4.69, 9.17) is 0 Å². The van der Waals surface area contributed by atoms with Gasteiger partial charge in [-0.1, -0.05) is 0 Å². The van der Waals surface area contributed by atoms with E-state index < -0.39 is 0 Å². The topological polar surface area (TPSA) is 9.72 Å². The number of hydrogen-bond acceptors (Lipinski definition) is 3. The summed E-state index contributed by atoms with van der Waals surface area (Å²) in [6.07, 6.45) is 8.72. The predicted molar refractivity (Wildman–Crippen MR) is 73.8 cm³/mol. The van der Waals surface area contributed by atoms with Crippen molar-refractivity contribution < 1.29 is 0 Å². The predicted octanol–water partition coefficient (Wildman–Crippen LogP) is 1.39. The molecule has 0 aromatic rings. The van der Waals surface area contributed by atoms with Crippen molar-refractivity contribution >= 4 is 0 Å². The van der Waals surface area contributed by atoms with Crippen LogP contribution in [0.4, 0.5) is 0 Å². The second-order valence-electron chi connectivity index (χ2n) is 6.84. The molecule has 18 heavy (non-hydrogen) atoms. The second kappa shape index (κ2) is 4.77. The summed E-state index contributed by atoms with van der Waals surface area (Å²) in [6.45, 7) is 8.19. The molecule has 3 nitrogen and oxygen atoms in total. The lowest BCUT2D eigenvalue weighted by Crippen LogP contribution is -2.56. The lowest BCUT2D eigenvalue weighted by molar-refractivity contribution is 0.0320. The molecule has 4 rings (SSSR count). The molecule has 4 aliphatic heterocycles. The van der Waals surface area contributed by atoms with E-state index >= 15 is 0 Å². The minimum Gasteiger partial charge on any atom is -0.300 e. The summed E-state index contributed by atoms with van der Waals surface area (Å²) >= 11 is 0. The van der Waals surface area contributed by atoms with Gasteiger partial charge in [0.1, 0.15) is 0 Å². The van der Waals surface area contributed by atoms with E-state index in [-0.39, 0.29) is 0 Å². The van der Waals surface area contributed by atoms with Gasteiger partial charge in [-0.2, -0.15) is 0 Å². The molecule has 3 unspecified atom stereocenters. The van der Waals surface area contributed by atoms with Gasteiger partial charge in [-0.3, -0.25) is 9.80 Å². The number of nitrogens with zero attached hydrogens (tertiary/aromatic N) is 3. The first-order valence-electron chi connectivity index (χ1n) is 8.12. The first-order valence-corrected chi connectivity index (χ1v) is 8.12. The van der Waals surface area contributed by atoms with E-state index in [1.807, 2.05) is 0 Å². The number of rotatable bonds is 1. The fourth-order valence-electron chi connectivity index (χ4n) is 4.88. The van der Waals surface area contributed by atoms with E-state index in [0.717, 1.165) is 18.1 Å². The molecule has 3 heteroatoms. The molecule has 0 spiro atoms. The van der Waals surface area contributed by atoms with Gasteiger partial charge < -0.3 is 4.90 Å². The maximum atomic E-state index is 2.85. The molecular formula is C15H27N3. The third-order valence-electron chi connectivity index (χ3n) is 5.93. The van der Waals surface area contributed by atoms with Crippen LogP contribution >= 0.6 is 0 Å². The summed E-state index contributed by atoms with van der Waals surface area (Å²) < 4.78 is 0. The number of piperidine rings is 1.